The van der Waals surface area contributed by atoms with Crippen LogP contribution in [0.5, 0.6) is 5.75 Å². The van der Waals surface area contributed by atoms with Gasteiger partial charge in [0.2, 0.25) is 0 Å². The zero-order valence-electron chi connectivity index (χ0n) is 15.6. The van der Waals surface area contributed by atoms with E-state index in [0.29, 0.717) is 16.2 Å². The number of fused-ring (bicyclic) bond motifs is 2. The predicted octanol–water partition coefficient (Wildman–Crippen LogP) is 3.11. The Hall–Kier alpha value is -3.21. The molecule has 2 amide bonds. The van der Waals surface area contributed by atoms with Gasteiger partial charge in [0, 0.05) is 23.3 Å². The fourth-order valence-corrected chi connectivity index (χ4v) is 3.58. The van der Waals surface area contributed by atoms with Crippen LogP contribution in [-0.2, 0) is 27.5 Å². The van der Waals surface area contributed by atoms with Gasteiger partial charge in [-0.2, -0.15) is 0 Å². The fourth-order valence-electron chi connectivity index (χ4n) is 3.25. The van der Waals surface area contributed by atoms with Crippen LogP contribution in [0, 0.1) is 10.1 Å². The van der Waals surface area contributed by atoms with E-state index in [-0.39, 0.29) is 52.4 Å². The van der Waals surface area contributed by atoms with Gasteiger partial charge in [-0.1, -0.05) is 23.2 Å². The monoisotopic (exact) mass is 466 g/mol. The van der Waals surface area contributed by atoms with Crippen molar-refractivity contribution in [2.24, 2.45) is 0 Å². The van der Waals surface area contributed by atoms with Crippen molar-refractivity contribution in [3.63, 3.8) is 0 Å². The van der Waals surface area contributed by atoms with Crippen LogP contribution in [0.1, 0.15) is 31.8 Å². The van der Waals surface area contributed by atoms with E-state index in [9.17, 15) is 24.5 Å². The van der Waals surface area contributed by atoms with Gasteiger partial charge in [-0.05, 0) is 12.1 Å². The van der Waals surface area contributed by atoms with Crippen molar-refractivity contribution in [2.45, 2.75) is 13.2 Å². The van der Waals surface area contributed by atoms with Crippen molar-refractivity contribution in [1.82, 2.24) is 4.90 Å². The summed E-state index contributed by atoms with van der Waals surface area (Å²) in [6, 6.07) is 5.07. The van der Waals surface area contributed by atoms with Crippen molar-refractivity contribution >= 4 is 46.7 Å². The smallest absolute Gasteiger partial charge is 0.326 e. The average Bonchev–Trinajstić information content (AvgIpc) is 2.96. The third kappa shape index (κ3) is 3.92. The average molecular weight is 467 g/mol. The summed E-state index contributed by atoms with van der Waals surface area (Å²) >= 11 is 11.8. The number of non-ortho nitro benzene ring substituents is 1. The van der Waals surface area contributed by atoms with Crippen LogP contribution in [0.3, 0.4) is 0 Å². The highest BCUT2D eigenvalue weighted by molar-refractivity contribution is 6.43. The number of hydrogen-bond donors (Lipinski definition) is 0. The van der Waals surface area contributed by atoms with Crippen LogP contribution in [-0.4, -0.2) is 40.9 Å². The summed E-state index contributed by atoms with van der Waals surface area (Å²) in [7, 11) is 0. The summed E-state index contributed by atoms with van der Waals surface area (Å²) in [6.45, 7) is -0.948. The number of halogens is 2. The van der Waals surface area contributed by atoms with Gasteiger partial charge in [0.1, 0.15) is 18.9 Å². The van der Waals surface area contributed by atoms with Crippen LogP contribution >= 0.6 is 23.2 Å². The predicted molar refractivity (Wildman–Crippen MR) is 105 cm³/mol. The van der Waals surface area contributed by atoms with E-state index in [1.165, 1.54) is 24.3 Å². The zero-order valence-corrected chi connectivity index (χ0v) is 17.1. The van der Waals surface area contributed by atoms with Crippen molar-refractivity contribution < 1.29 is 33.5 Å². The molecule has 2 heterocycles. The zero-order chi connectivity index (χ0) is 22.3. The third-order valence-electron chi connectivity index (χ3n) is 4.67. The molecule has 0 saturated carbocycles. The van der Waals surface area contributed by atoms with Crippen LogP contribution in [0.4, 0.5) is 5.69 Å². The normalized spacial score (nSPS) is 14.7. The first kappa shape index (κ1) is 21.0. The van der Waals surface area contributed by atoms with Gasteiger partial charge < -0.3 is 14.2 Å². The first-order valence-electron chi connectivity index (χ1n) is 8.78. The summed E-state index contributed by atoms with van der Waals surface area (Å²) < 4.78 is 15.6. The molecule has 0 spiro atoms. The molecule has 2 aliphatic rings. The lowest BCUT2D eigenvalue weighted by molar-refractivity contribution is -0.385. The molecular formula is C19H12Cl2N2O8. The van der Waals surface area contributed by atoms with Gasteiger partial charge in [0.15, 0.2) is 6.79 Å². The summed E-state index contributed by atoms with van der Waals surface area (Å²) in [4.78, 5) is 48.6. The van der Waals surface area contributed by atoms with E-state index < -0.39 is 29.3 Å². The number of nitro benzene ring substituents is 1. The number of nitro groups is 1. The quantitative estimate of drug-likeness (QED) is 0.284. The molecule has 2 aliphatic heterocycles. The highest BCUT2D eigenvalue weighted by atomic mass is 35.5. The molecule has 0 atom stereocenters. The summed E-state index contributed by atoms with van der Waals surface area (Å²) in [5.74, 6) is -1.97. The highest BCUT2D eigenvalue weighted by Crippen LogP contribution is 2.34. The largest absolute Gasteiger partial charge is 0.467 e. The Bertz CT molecular complexity index is 1110. The molecule has 0 N–H and O–H groups in total. The van der Waals surface area contributed by atoms with E-state index in [1.54, 1.807) is 0 Å². The van der Waals surface area contributed by atoms with Crippen molar-refractivity contribution in [3.8, 4) is 5.75 Å². The number of nitrogens with zero attached hydrogens (tertiary/aromatic N) is 2. The molecule has 0 fully saturated rings. The van der Waals surface area contributed by atoms with Gasteiger partial charge >= 0.3 is 5.97 Å². The molecule has 0 radical (unpaired) electrons. The number of amides is 2. The van der Waals surface area contributed by atoms with E-state index in [1.807, 2.05) is 0 Å². The molecule has 2 aromatic carbocycles. The standard InChI is InChI=1S/C19H12Cl2N2O8/c20-14-3-12-13(4-15(14)21)19(26)22(18(12)25)5-16(24)30-7-10-2-11(23(27)28)1-9-6-29-8-31-17(9)10/h1-4H,5-8H2. The molecule has 2 aromatic rings. The Labute approximate surface area is 184 Å². The summed E-state index contributed by atoms with van der Waals surface area (Å²) in [5.41, 5.74) is 0.567. The van der Waals surface area contributed by atoms with Crippen molar-refractivity contribution in [1.29, 1.82) is 0 Å². The minimum absolute atomic E-state index is 0.0355. The van der Waals surface area contributed by atoms with Crippen LogP contribution in [0.15, 0.2) is 24.3 Å². The Morgan fingerprint density at radius 1 is 1.13 bits per heavy atom. The van der Waals surface area contributed by atoms with Gasteiger partial charge in [0.05, 0.1) is 32.7 Å². The molecular weight excluding hydrogens is 455 g/mol. The third-order valence-corrected chi connectivity index (χ3v) is 5.39. The molecule has 10 nitrogen and oxygen atoms in total. The van der Waals surface area contributed by atoms with Gasteiger partial charge in [0.25, 0.3) is 17.5 Å². The Morgan fingerprint density at radius 3 is 2.39 bits per heavy atom. The lowest BCUT2D eigenvalue weighted by Gasteiger charge is -2.20. The van der Waals surface area contributed by atoms with Gasteiger partial charge in [-0.15, -0.1) is 0 Å². The van der Waals surface area contributed by atoms with E-state index in [4.69, 9.17) is 37.4 Å². The second-order valence-electron chi connectivity index (χ2n) is 6.63. The van der Waals surface area contributed by atoms with E-state index >= 15 is 0 Å². The molecule has 4 rings (SSSR count). The number of hydrogen-bond acceptors (Lipinski definition) is 8. The number of ether oxygens (including phenoxy) is 3. The maximum absolute atomic E-state index is 12.5. The second kappa shape index (κ2) is 8.14. The summed E-state index contributed by atoms with van der Waals surface area (Å²) in [6.07, 6.45) is 0. The Morgan fingerprint density at radius 2 is 1.77 bits per heavy atom. The minimum atomic E-state index is -0.890. The Balaban J connectivity index is 1.48. The number of rotatable bonds is 5. The lowest BCUT2D eigenvalue weighted by atomic mass is 10.1. The van der Waals surface area contributed by atoms with E-state index in [0.717, 1.165) is 0 Å². The number of esters is 1. The fraction of sp³-hybridized carbons (Fsp3) is 0.211. The van der Waals surface area contributed by atoms with E-state index in [2.05, 4.69) is 0 Å². The van der Waals surface area contributed by atoms with Crippen LogP contribution in [0.25, 0.3) is 0 Å². The van der Waals surface area contributed by atoms with Gasteiger partial charge in [-0.3, -0.25) is 29.4 Å². The molecule has 0 aliphatic carbocycles. The number of benzene rings is 2. The number of carbonyl (C=O) groups excluding carboxylic acids is 3. The number of carbonyl (C=O) groups is 3. The maximum atomic E-state index is 12.5. The number of imide groups is 1. The lowest BCUT2D eigenvalue weighted by Crippen LogP contribution is -2.35. The minimum Gasteiger partial charge on any atom is -0.467 e. The maximum Gasteiger partial charge on any atom is 0.326 e. The first-order chi connectivity index (χ1) is 14.8. The van der Waals surface area contributed by atoms with Crippen molar-refractivity contribution in [2.75, 3.05) is 13.3 Å². The molecule has 0 unspecified atom stereocenters. The van der Waals surface area contributed by atoms with Crippen molar-refractivity contribution in [3.05, 3.63) is 66.7 Å². The Kier molecular flexibility index (Phi) is 5.52. The molecule has 160 valence electrons. The van der Waals surface area contributed by atoms with Crippen LogP contribution in [0.2, 0.25) is 10.0 Å². The van der Waals surface area contributed by atoms with Gasteiger partial charge in [-0.25, -0.2) is 0 Å². The highest BCUT2D eigenvalue weighted by Gasteiger charge is 2.38. The van der Waals surface area contributed by atoms with Crippen LogP contribution < -0.4 is 4.74 Å². The summed E-state index contributed by atoms with van der Waals surface area (Å²) in [5, 5.41) is 11.4. The first-order valence-corrected chi connectivity index (χ1v) is 9.53. The topological polar surface area (TPSA) is 125 Å². The second-order valence-corrected chi connectivity index (χ2v) is 7.44. The molecule has 12 heteroatoms. The SMILES string of the molecule is O=C(CN1C(=O)c2cc(Cl)c(Cl)cc2C1=O)OCc1cc([N+](=O)[O-])cc2c1OCOC2. The molecule has 0 aromatic heterocycles. The molecule has 31 heavy (non-hydrogen) atoms. The molecule has 0 saturated heterocycles. The molecule has 0 bridgehead atoms.